The molecule has 4 spiro atoms. The quantitative estimate of drug-likeness (QED) is 0.0424. The molecule has 4 aliphatic carbocycles. The Hall–Kier alpha value is -11.0. The van der Waals surface area contributed by atoms with Crippen molar-refractivity contribution in [2.75, 3.05) is 46.2 Å². The summed E-state index contributed by atoms with van der Waals surface area (Å²) in [5.74, 6) is 12.1. The van der Waals surface area contributed by atoms with E-state index in [0.717, 1.165) is 99.0 Å². The number of carbonyl (C=O) groups is 4. The molecule has 0 saturated heterocycles. The first-order chi connectivity index (χ1) is 60.2. The van der Waals surface area contributed by atoms with E-state index >= 15 is 0 Å². The smallest absolute Gasteiger partial charge is 0.276 e. The zero-order valence-electron chi connectivity index (χ0n) is 71.3. The second kappa shape index (κ2) is 41.0. The average molecular weight is 2030 g/mol. The number of nitrogens with two attached hydrogens (primary N) is 2. The van der Waals surface area contributed by atoms with Crippen LogP contribution >= 0.6 is 95.0 Å². The van der Waals surface area contributed by atoms with Crippen molar-refractivity contribution in [2.45, 2.75) is 190 Å². The number of fused-ring (bicyclic) bond motifs is 8. The third kappa shape index (κ3) is 22.6. The summed E-state index contributed by atoms with van der Waals surface area (Å²) in [4.78, 5) is 141. The van der Waals surface area contributed by atoms with E-state index in [1.807, 2.05) is 0 Å². The molecule has 4 amide bonds. The van der Waals surface area contributed by atoms with Gasteiger partial charge in [0.05, 0.1) is 50.4 Å². The molecule has 127 heavy (non-hydrogen) atoms. The van der Waals surface area contributed by atoms with Crippen LogP contribution in [0.1, 0.15) is 193 Å². The maximum absolute atomic E-state index is 13.4. The Morgan fingerprint density at radius 1 is 0.417 bits per heavy atom. The normalized spacial score (nSPS) is 16.4. The molecule has 31 nitrogen and oxygen atoms in total. The van der Waals surface area contributed by atoms with Crippen molar-refractivity contribution in [1.29, 1.82) is 0 Å². The standard InChI is InChI=1S/C21H24ClN5O2Si.2C18H16ClN5O2.C12H12BrClN2O2.C9H13N3Si.C5H10S.C4H4IN3/c1-30(2,3)10-7-14-12-23-13-24-18(14)25-16-11-15(22)17-19(28)26-21(27(17)20(16)29)8-5-4-6-9-21;2*1-2-11-9-20-10-21-15(11)22-13-8-12(19)14-16(25)23-18(24(14)17(13)26)6-4-3-5-7-18;13-7-6-8(14)9-10(17)15-12(16(9)11(7)18)4-2-1-3-5-12;1-13(2,3)5-4-8-6-11-7-12-9(8)10;1-5-6(2,3)4;5-3-1-7-2-8-4(3)6/h11-13H,4-6,8-9H2,1-3H3,(H,26,28)(H,23,24,25);2*1,8-10H,3-7H2,(H,23,25)(H,20,21,22);6H,1-5H2,(H,15,17);6-7H,1-3H3,(H2,10,11,12);1H,2-4H3;1-2H,(H2,6,7,8). The van der Waals surface area contributed by atoms with Crippen molar-refractivity contribution >= 4 is 181 Å². The summed E-state index contributed by atoms with van der Waals surface area (Å²) in [6.07, 6.45) is 55.0. The lowest BCUT2D eigenvalue weighted by Crippen LogP contribution is -2.48. The van der Waals surface area contributed by atoms with Crippen molar-refractivity contribution in [3.63, 3.8) is 0 Å². The number of hydrogen-bond acceptors (Lipinski definition) is 23. The predicted molar refractivity (Wildman–Crippen MR) is 517 cm³/mol. The van der Waals surface area contributed by atoms with Crippen LogP contribution in [-0.4, -0.2) is 127 Å². The molecule has 13 heterocycles. The minimum atomic E-state index is -1.60. The number of halogens is 6. The summed E-state index contributed by atoms with van der Waals surface area (Å²) in [5, 5.41) is 24.6. The fourth-order valence-corrected chi connectivity index (χ4v) is 18.5. The van der Waals surface area contributed by atoms with Crippen LogP contribution in [-0.2, 0) is 22.7 Å². The van der Waals surface area contributed by atoms with Gasteiger partial charge >= 0.3 is 0 Å². The van der Waals surface area contributed by atoms with E-state index < -0.39 is 48.8 Å². The molecule has 4 saturated carbocycles. The van der Waals surface area contributed by atoms with Crippen molar-refractivity contribution in [2.24, 2.45) is 0 Å². The second-order valence-electron chi connectivity index (χ2n) is 33.8. The lowest BCUT2D eigenvalue weighted by atomic mass is 9.89. The molecule has 0 unspecified atom stereocenters. The van der Waals surface area contributed by atoms with Gasteiger partial charge in [0.1, 0.15) is 139 Å². The SMILES string of the molecule is C#CS(C)(C)C.C#Cc1cncnc1Nc1cc(Cl)c2n(c1=O)C1(CCCCC1)NC2=O.C#Cc1cncnc1Nc1cc(Cl)c2n(c1=O)C1(CCCCC1)NC2=O.C[Si](C)(C)C#Cc1cncnc1N.C[Si](C)(C)C#Cc1cncnc1Nc1cc(Cl)c2n(c1=O)C1(CCCCC1)NC2=O.Nc1ncncc1I.O=C1NC2(CCCCC2)n2c1c(Cl)cc(Br)c2=O. The highest BCUT2D eigenvalue weighted by Crippen LogP contribution is 2.44. The zero-order chi connectivity index (χ0) is 92.1. The Balaban J connectivity index is 0.000000151. The molecule has 662 valence electrons. The molecule has 17 rings (SSSR count). The number of aromatic nitrogens is 14. The number of rotatable bonds is 6. The molecule has 9 aromatic heterocycles. The summed E-state index contributed by atoms with van der Waals surface area (Å²) in [6, 6.07) is 5.88. The van der Waals surface area contributed by atoms with Crippen molar-refractivity contribution in [1.82, 2.24) is 89.4 Å². The van der Waals surface area contributed by atoms with Gasteiger partial charge in [0.25, 0.3) is 45.9 Å². The highest BCUT2D eigenvalue weighted by atomic mass is 127. The number of carbonyl (C=O) groups excluding carboxylic acids is 4. The Morgan fingerprint density at radius 2 is 0.685 bits per heavy atom. The summed E-state index contributed by atoms with van der Waals surface area (Å²) in [5.41, 5.74) is 17.5. The van der Waals surface area contributed by atoms with Gasteiger partial charge in [-0.3, -0.25) is 56.6 Å². The number of terminal acetylenes is 3. The van der Waals surface area contributed by atoms with Crippen LogP contribution in [0, 0.1) is 62.9 Å². The maximum Gasteiger partial charge on any atom is 0.276 e. The van der Waals surface area contributed by atoms with Gasteiger partial charge in [0.15, 0.2) is 0 Å². The number of nitrogens with zero attached hydrogens (tertiary/aromatic N) is 14. The van der Waals surface area contributed by atoms with Gasteiger partial charge in [-0.05, 0) is 184 Å². The van der Waals surface area contributed by atoms with E-state index in [0.29, 0.717) is 99.5 Å². The van der Waals surface area contributed by atoms with Gasteiger partial charge in [0, 0.05) is 31.0 Å². The van der Waals surface area contributed by atoms with Crippen LogP contribution in [0.4, 0.5) is 46.2 Å². The molecular formula is C87H95BrCl4IN23O8SSi2. The number of anilines is 8. The van der Waals surface area contributed by atoms with Crippen molar-refractivity contribution in [3.8, 4) is 59.3 Å². The Kier molecular flexibility index (Phi) is 31.2. The number of nitrogen functional groups attached to an aromatic ring is 2. The summed E-state index contributed by atoms with van der Waals surface area (Å²) >= 11 is 30.5. The lowest BCUT2D eigenvalue weighted by molar-refractivity contribution is 0.0867. The number of nitrogens with one attached hydrogen (secondary N) is 7. The first kappa shape index (κ1) is 96.7. The van der Waals surface area contributed by atoms with E-state index in [1.165, 1.54) is 77.4 Å². The lowest BCUT2D eigenvalue weighted by Gasteiger charge is -2.35. The van der Waals surface area contributed by atoms with Gasteiger partial charge in [0.2, 0.25) is 0 Å². The van der Waals surface area contributed by atoms with E-state index in [1.54, 1.807) is 27.7 Å². The van der Waals surface area contributed by atoms with Crippen LogP contribution in [0.15, 0.2) is 111 Å². The minimum absolute atomic E-state index is 0.186. The largest absolute Gasteiger partial charge is 0.383 e. The Labute approximate surface area is 780 Å². The third-order valence-electron chi connectivity index (χ3n) is 21.4. The molecule has 40 heteroatoms. The van der Waals surface area contributed by atoms with E-state index in [9.17, 15) is 38.4 Å². The van der Waals surface area contributed by atoms with Crippen LogP contribution in [0.2, 0.25) is 59.4 Å². The first-order valence-corrected chi connectivity index (χ1v) is 53.9. The van der Waals surface area contributed by atoms with Crippen LogP contribution < -0.4 is 70.9 Å². The number of hydrogen-bond donors (Lipinski definition) is 9. The topological polar surface area (TPSA) is 421 Å². The van der Waals surface area contributed by atoms with E-state index in [2.05, 4.69) is 224 Å². The molecule has 0 radical (unpaired) electrons. The predicted octanol–water partition coefficient (Wildman–Crippen LogP) is 14.2. The molecular weight excluding hydrogens is 1930 g/mol. The maximum atomic E-state index is 13.4. The Bertz CT molecular complexity index is 6120. The molecule has 0 atom stereocenters. The van der Waals surface area contributed by atoms with Crippen LogP contribution in [0.3, 0.4) is 0 Å². The number of pyridine rings is 4. The minimum Gasteiger partial charge on any atom is -0.383 e. The first-order valence-electron chi connectivity index (χ1n) is 40.6. The average Bonchev–Trinajstić information content (AvgIpc) is 1.53. The molecule has 0 bridgehead atoms. The summed E-state index contributed by atoms with van der Waals surface area (Å²) in [7, 11) is -3.57. The molecule has 11 N–H and O–H groups in total. The molecule has 4 fully saturated rings. The Morgan fingerprint density at radius 3 is 0.969 bits per heavy atom. The van der Waals surface area contributed by atoms with Crippen molar-refractivity contribution < 1.29 is 19.2 Å². The number of amides is 4. The van der Waals surface area contributed by atoms with Gasteiger partial charge in [-0.1, -0.05) is 140 Å². The van der Waals surface area contributed by atoms with Gasteiger partial charge < -0.3 is 48.7 Å². The van der Waals surface area contributed by atoms with E-state index in [4.69, 9.17) is 77.1 Å². The van der Waals surface area contributed by atoms with Crippen LogP contribution in [0.5, 0.6) is 0 Å². The molecule has 0 aromatic carbocycles. The summed E-state index contributed by atoms with van der Waals surface area (Å²) in [6.45, 7) is 13.0. The molecule has 8 aliphatic rings. The molecule has 4 aliphatic heterocycles. The van der Waals surface area contributed by atoms with Gasteiger partial charge in [-0.25, -0.2) is 49.8 Å². The molecule has 9 aromatic rings. The highest BCUT2D eigenvalue weighted by Gasteiger charge is 2.50. The second-order valence-corrected chi connectivity index (χ2v) is 50.8. The van der Waals surface area contributed by atoms with Gasteiger partial charge in [-0.15, -0.1) is 30.4 Å². The summed E-state index contributed by atoms with van der Waals surface area (Å²) < 4.78 is 7.42. The third-order valence-corrected chi connectivity index (χ3v) is 26.4. The monoisotopic (exact) mass is 2020 g/mol. The fourth-order valence-electron chi connectivity index (χ4n) is 15.5. The van der Waals surface area contributed by atoms with Crippen molar-refractivity contribution in [3.05, 3.63) is 201 Å². The fraction of sp³-hybridized carbons (Fsp3) is 0.379. The highest BCUT2D eigenvalue weighted by molar-refractivity contribution is 14.1. The van der Waals surface area contributed by atoms with Crippen LogP contribution in [0.25, 0.3) is 0 Å². The van der Waals surface area contributed by atoms with E-state index in [-0.39, 0.29) is 95.1 Å². The zero-order valence-corrected chi connectivity index (χ0v) is 80.9. The van der Waals surface area contributed by atoms with Gasteiger partial charge in [-0.2, -0.15) is 10.0 Å².